The molecule has 2 aliphatic heterocycles. The van der Waals surface area contributed by atoms with E-state index in [9.17, 15) is 14.4 Å². The van der Waals surface area contributed by atoms with Crippen LogP contribution in [0.4, 0.5) is 0 Å². The maximum absolute atomic E-state index is 12.3. The van der Waals surface area contributed by atoms with Gasteiger partial charge in [-0.05, 0) is 25.0 Å². The Morgan fingerprint density at radius 3 is 2.46 bits per heavy atom. The third-order valence-corrected chi connectivity index (χ3v) is 4.46. The predicted molar refractivity (Wildman–Crippen MR) is 80.3 cm³/mol. The van der Waals surface area contributed by atoms with Gasteiger partial charge in [0.25, 0.3) is 0 Å². The highest BCUT2D eigenvalue weighted by molar-refractivity contribution is 6.07. The number of carbonyl (C=O) groups excluding carboxylic acids is 3. The molecule has 1 saturated heterocycles. The molecule has 1 aliphatic carbocycles. The summed E-state index contributed by atoms with van der Waals surface area (Å²) in [6, 6.07) is 4.75. The number of nitrogens with zero attached hydrogens (tertiary/aromatic N) is 1. The quantitative estimate of drug-likeness (QED) is 0.359. The van der Waals surface area contributed by atoms with E-state index in [2.05, 4.69) is 0 Å². The van der Waals surface area contributed by atoms with Gasteiger partial charge in [0.2, 0.25) is 18.6 Å². The van der Waals surface area contributed by atoms with Crippen molar-refractivity contribution in [3.8, 4) is 17.2 Å². The minimum Gasteiger partial charge on any atom is -0.454 e. The van der Waals surface area contributed by atoms with E-state index >= 15 is 0 Å². The number of carbonyl (C=O) groups is 3. The lowest BCUT2D eigenvalue weighted by molar-refractivity contribution is -0.148. The molecule has 1 aromatic rings. The summed E-state index contributed by atoms with van der Waals surface area (Å²) < 4.78 is 15.6. The number of ether oxygens (including phenoxy) is 3. The van der Waals surface area contributed by atoms with Gasteiger partial charge >= 0.3 is 5.97 Å². The maximum Gasteiger partial charge on any atom is 0.331 e. The van der Waals surface area contributed by atoms with Crippen LogP contribution in [0.25, 0.3) is 0 Å². The molecule has 0 spiro atoms. The number of rotatable bonds is 3. The smallest absolute Gasteiger partial charge is 0.331 e. The molecule has 7 nitrogen and oxygen atoms in total. The number of allylic oxidation sites excluding steroid dienone is 2. The molecule has 0 saturated carbocycles. The third kappa shape index (κ3) is 2.42. The van der Waals surface area contributed by atoms with E-state index in [4.69, 9.17) is 14.2 Å². The second kappa shape index (κ2) is 5.67. The summed E-state index contributed by atoms with van der Waals surface area (Å²) in [5.74, 6) is -0.595. The van der Waals surface area contributed by atoms with Gasteiger partial charge in [0.05, 0.1) is 11.8 Å². The number of esters is 1. The molecule has 0 bridgehead atoms. The van der Waals surface area contributed by atoms with E-state index in [1.165, 1.54) is 6.07 Å². The highest BCUT2D eigenvalue weighted by Gasteiger charge is 2.47. The molecule has 1 aromatic carbocycles. The summed E-state index contributed by atoms with van der Waals surface area (Å²) in [6.07, 6.45) is 4.90. The first kappa shape index (κ1) is 14.7. The van der Waals surface area contributed by atoms with Gasteiger partial charge in [-0.15, -0.1) is 0 Å². The third-order valence-electron chi connectivity index (χ3n) is 4.46. The van der Waals surface area contributed by atoms with Crippen molar-refractivity contribution in [3.63, 3.8) is 0 Å². The van der Waals surface area contributed by atoms with Crippen LogP contribution in [0.2, 0.25) is 0 Å². The van der Waals surface area contributed by atoms with Crippen LogP contribution in [-0.4, -0.2) is 36.0 Å². The number of imide groups is 1. The Morgan fingerprint density at radius 2 is 1.75 bits per heavy atom. The molecule has 0 unspecified atom stereocenters. The Kier molecular flexibility index (Phi) is 3.48. The summed E-state index contributed by atoms with van der Waals surface area (Å²) in [6.45, 7) is -0.251. The van der Waals surface area contributed by atoms with Crippen LogP contribution in [0.15, 0.2) is 30.4 Å². The number of fused-ring (bicyclic) bond motifs is 2. The number of benzene rings is 1. The van der Waals surface area contributed by atoms with Crippen molar-refractivity contribution in [1.82, 2.24) is 4.90 Å². The standard InChI is InChI=1S/C17H15NO6/c19-15(24-10-5-6-13-14(7-10)23-9-22-13)8-18-16(20)11-3-1-2-4-12(11)17(18)21/h1-2,5-7,11-12H,3-4,8-9H2/t11-,12-/m0/s1. The zero-order valence-electron chi connectivity index (χ0n) is 12.8. The van der Waals surface area contributed by atoms with Crippen molar-refractivity contribution in [1.29, 1.82) is 0 Å². The van der Waals surface area contributed by atoms with Crippen molar-refractivity contribution >= 4 is 17.8 Å². The van der Waals surface area contributed by atoms with Gasteiger partial charge in [-0.2, -0.15) is 0 Å². The highest BCUT2D eigenvalue weighted by atomic mass is 16.7. The lowest BCUT2D eigenvalue weighted by Gasteiger charge is -2.14. The fourth-order valence-corrected chi connectivity index (χ4v) is 3.26. The molecule has 2 amide bonds. The average Bonchev–Trinajstić information content (AvgIpc) is 3.14. The molecular formula is C17H15NO6. The average molecular weight is 329 g/mol. The molecule has 124 valence electrons. The number of hydrogen-bond acceptors (Lipinski definition) is 6. The number of amides is 2. The molecule has 0 aromatic heterocycles. The van der Waals surface area contributed by atoms with Crippen molar-refractivity contribution < 1.29 is 28.6 Å². The first-order chi connectivity index (χ1) is 11.6. The van der Waals surface area contributed by atoms with E-state index in [-0.39, 0.29) is 42.7 Å². The van der Waals surface area contributed by atoms with Crippen LogP contribution in [0.3, 0.4) is 0 Å². The summed E-state index contributed by atoms with van der Waals surface area (Å²) in [5.41, 5.74) is 0. The topological polar surface area (TPSA) is 82.1 Å². The fraction of sp³-hybridized carbons (Fsp3) is 0.353. The van der Waals surface area contributed by atoms with Crippen LogP contribution in [-0.2, 0) is 14.4 Å². The van der Waals surface area contributed by atoms with Gasteiger partial charge < -0.3 is 14.2 Å². The van der Waals surface area contributed by atoms with Crippen molar-refractivity contribution in [2.45, 2.75) is 12.8 Å². The zero-order chi connectivity index (χ0) is 16.7. The molecule has 2 atom stereocenters. The molecule has 1 fully saturated rings. The second-order valence-electron chi connectivity index (χ2n) is 5.91. The summed E-state index contributed by atoms with van der Waals surface area (Å²) >= 11 is 0. The van der Waals surface area contributed by atoms with Gasteiger partial charge in [-0.25, -0.2) is 4.79 Å². The second-order valence-corrected chi connectivity index (χ2v) is 5.91. The van der Waals surface area contributed by atoms with Gasteiger partial charge in [0.1, 0.15) is 12.3 Å². The van der Waals surface area contributed by atoms with E-state index in [1.807, 2.05) is 12.2 Å². The SMILES string of the molecule is O=C(CN1C(=O)[C@H]2CC=CC[C@@H]2C1=O)Oc1ccc2c(c1)OCO2. The van der Waals surface area contributed by atoms with Crippen molar-refractivity contribution in [3.05, 3.63) is 30.4 Å². The molecule has 0 N–H and O–H groups in total. The Morgan fingerprint density at radius 1 is 1.08 bits per heavy atom. The first-order valence-corrected chi connectivity index (χ1v) is 7.74. The lowest BCUT2D eigenvalue weighted by Crippen LogP contribution is -2.37. The van der Waals surface area contributed by atoms with Gasteiger partial charge in [-0.3, -0.25) is 14.5 Å². The maximum atomic E-state index is 12.3. The Bertz CT molecular complexity index is 729. The lowest BCUT2D eigenvalue weighted by atomic mass is 9.85. The molecule has 24 heavy (non-hydrogen) atoms. The molecular weight excluding hydrogens is 314 g/mol. The van der Waals surface area contributed by atoms with Gasteiger partial charge in [0, 0.05) is 6.07 Å². The van der Waals surface area contributed by atoms with Crippen LogP contribution >= 0.6 is 0 Å². The highest BCUT2D eigenvalue weighted by Crippen LogP contribution is 2.36. The van der Waals surface area contributed by atoms with E-state index in [0.717, 1.165) is 4.90 Å². The Balaban J connectivity index is 1.43. The molecule has 4 rings (SSSR count). The van der Waals surface area contributed by atoms with Gasteiger partial charge in [-0.1, -0.05) is 12.2 Å². The Labute approximate surface area is 137 Å². The summed E-state index contributed by atoms with van der Waals surface area (Å²) in [5, 5.41) is 0. The van der Waals surface area contributed by atoms with Crippen molar-refractivity contribution in [2.75, 3.05) is 13.3 Å². The van der Waals surface area contributed by atoms with E-state index in [0.29, 0.717) is 24.3 Å². The number of hydrogen-bond donors (Lipinski definition) is 0. The van der Waals surface area contributed by atoms with Crippen LogP contribution in [0.1, 0.15) is 12.8 Å². The van der Waals surface area contributed by atoms with E-state index < -0.39 is 5.97 Å². The number of likely N-dealkylation sites (tertiary alicyclic amines) is 1. The van der Waals surface area contributed by atoms with Crippen LogP contribution in [0, 0.1) is 11.8 Å². The minimum atomic E-state index is -0.665. The molecule has 7 heteroatoms. The van der Waals surface area contributed by atoms with Crippen LogP contribution in [0.5, 0.6) is 17.2 Å². The van der Waals surface area contributed by atoms with Crippen LogP contribution < -0.4 is 14.2 Å². The normalized spacial score (nSPS) is 24.2. The largest absolute Gasteiger partial charge is 0.454 e. The van der Waals surface area contributed by atoms with Crippen molar-refractivity contribution in [2.24, 2.45) is 11.8 Å². The summed E-state index contributed by atoms with van der Waals surface area (Å²) in [4.78, 5) is 37.8. The zero-order valence-corrected chi connectivity index (χ0v) is 12.8. The molecule has 2 heterocycles. The monoisotopic (exact) mass is 329 g/mol. The predicted octanol–water partition coefficient (Wildman–Crippen LogP) is 1.27. The van der Waals surface area contributed by atoms with Gasteiger partial charge in [0.15, 0.2) is 11.5 Å². The Hall–Kier alpha value is -2.83. The molecule has 3 aliphatic rings. The minimum absolute atomic E-state index is 0.125. The fourth-order valence-electron chi connectivity index (χ4n) is 3.26. The first-order valence-electron chi connectivity index (χ1n) is 7.74. The van der Waals surface area contributed by atoms with E-state index in [1.54, 1.807) is 12.1 Å². The molecule has 0 radical (unpaired) electrons. The summed E-state index contributed by atoms with van der Waals surface area (Å²) in [7, 11) is 0.